The summed E-state index contributed by atoms with van der Waals surface area (Å²) in [7, 11) is 0. The molecule has 33 heavy (non-hydrogen) atoms. The van der Waals surface area contributed by atoms with Crippen LogP contribution in [-0.2, 0) is 13.0 Å². The van der Waals surface area contributed by atoms with Crippen LogP contribution in [0.1, 0.15) is 11.1 Å². The zero-order chi connectivity index (χ0) is 23.0. The van der Waals surface area contributed by atoms with E-state index in [1.165, 1.54) is 0 Å². The lowest BCUT2D eigenvalue weighted by atomic mass is 10.1. The summed E-state index contributed by atoms with van der Waals surface area (Å²) in [5.41, 5.74) is 3.41. The number of phenolic OH excluding ortho intramolecular Hbond substituents is 1. The molecular formula is C26H26N4O3. The molecule has 168 valence electrons. The number of carbonyl (C=O) groups excluding carboxylic acids is 1. The SMILES string of the molecule is N#CCc1ccc(OCc2cccc(NC(=O)N3CCN(c4ccccc4O)CC3)c2)cc1. The van der Waals surface area contributed by atoms with Gasteiger partial charge in [0.15, 0.2) is 0 Å². The third-order valence-corrected chi connectivity index (χ3v) is 5.58. The third-order valence-electron chi connectivity index (χ3n) is 5.58. The molecule has 4 rings (SSSR count). The summed E-state index contributed by atoms with van der Waals surface area (Å²) in [5, 5.41) is 21.8. The molecule has 2 N–H and O–H groups in total. The minimum absolute atomic E-state index is 0.141. The number of carbonyl (C=O) groups is 1. The van der Waals surface area contributed by atoms with Crippen molar-refractivity contribution in [1.82, 2.24) is 4.90 Å². The number of ether oxygens (including phenoxy) is 1. The number of rotatable bonds is 6. The van der Waals surface area contributed by atoms with Gasteiger partial charge in [-0.05, 0) is 47.5 Å². The van der Waals surface area contributed by atoms with Crippen molar-refractivity contribution in [2.75, 3.05) is 36.4 Å². The third kappa shape index (κ3) is 5.74. The molecular weight excluding hydrogens is 416 g/mol. The molecule has 1 aliphatic rings. The van der Waals surface area contributed by atoms with Crippen LogP contribution in [0.15, 0.2) is 72.8 Å². The van der Waals surface area contributed by atoms with E-state index in [4.69, 9.17) is 10.00 Å². The van der Waals surface area contributed by atoms with Crippen LogP contribution < -0.4 is 15.0 Å². The minimum atomic E-state index is -0.141. The Labute approximate surface area is 193 Å². The van der Waals surface area contributed by atoms with Gasteiger partial charge in [0.2, 0.25) is 0 Å². The van der Waals surface area contributed by atoms with E-state index in [0.717, 1.165) is 22.6 Å². The van der Waals surface area contributed by atoms with Gasteiger partial charge in [0.1, 0.15) is 18.1 Å². The smallest absolute Gasteiger partial charge is 0.321 e. The average molecular weight is 443 g/mol. The highest BCUT2D eigenvalue weighted by atomic mass is 16.5. The number of piperazine rings is 1. The fourth-order valence-electron chi connectivity index (χ4n) is 3.78. The van der Waals surface area contributed by atoms with Gasteiger partial charge in [-0.25, -0.2) is 4.79 Å². The molecule has 2 amide bonds. The maximum Gasteiger partial charge on any atom is 0.321 e. The van der Waals surface area contributed by atoms with Gasteiger partial charge in [-0.3, -0.25) is 0 Å². The molecule has 3 aromatic carbocycles. The predicted molar refractivity (Wildman–Crippen MR) is 127 cm³/mol. The number of anilines is 2. The number of aromatic hydroxyl groups is 1. The van der Waals surface area contributed by atoms with Crippen LogP contribution in [-0.4, -0.2) is 42.2 Å². The fourth-order valence-corrected chi connectivity index (χ4v) is 3.78. The van der Waals surface area contributed by atoms with Gasteiger partial charge >= 0.3 is 6.03 Å². The number of nitriles is 1. The minimum Gasteiger partial charge on any atom is -0.506 e. The van der Waals surface area contributed by atoms with Gasteiger partial charge in [0.25, 0.3) is 0 Å². The van der Waals surface area contributed by atoms with Crippen molar-refractivity contribution in [2.45, 2.75) is 13.0 Å². The van der Waals surface area contributed by atoms with Crippen LogP contribution in [0.3, 0.4) is 0 Å². The molecule has 1 aliphatic heterocycles. The summed E-state index contributed by atoms with van der Waals surface area (Å²) in [6, 6.07) is 24.3. The summed E-state index contributed by atoms with van der Waals surface area (Å²) >= 11 is 0. The van der Waals surface area contributed by atoms with Crippen LogP contribution in [0, 0.1) is 11.3 Å². The molecule has 3 aromatic rings. The highest BCUT2D eigenvalue weighted by molar-refractivity contribution is 5.89. The van der Waals surface area contributed by atoms with Gasteiger partial charge in [0, 0.05) is 31.9 Å². The maximum absolute atomic E-state index is 12.7. The van der Waals surface area contributed by atoms with Crippen LogP contribution in [0.5, 0.6) is 11.5 Å². The lowest BCUT2D eigenvalue weighted by Crippen LogP contribution is -2.50. The van der Waals surface area contributed by atoms with Crippen molar-refractivity contribution < 1.29 is 14.6 Å². The first-order valence-electron chi connectivity index (χ1n) is 10.9. The largest absolute Gasteiger partial charge is 0.506 e. The Bertz CT molecular complexity index is 1130. The number of nitrogens with one attached hydrogen (secondary N) is 1. The molecule has 0 unspecified atom stereocenters. The first-order valence-corrected chi connectivity index (χ1v) is 10.9. The number of hydrogen-bond donors (Lipinski definition) is 2. The monoisotopic (exact) mass is 442 g/mol. The summed E-state index contributed by atoms with van der Waals surface area (Å²) < 4.78 is 5.83. The van der Waals surface area contributed by atoms with Gasteiger partial charge in [0.05, 0.1) is 18.2 Å². The first-order chi connectivity index (χ1) is 16.1. The van der Waals surface area contributed by atoms with Crippen LogP contribution in [0.4, 0.5) is 16.2 Å². The summed E-state index contributed by atoms with van der Waals surface area (Å²) in [4.78, 5) is 16.6. The lowest BCUT2D eigenvalue weighted by Gasteiger charge is -2.36. The Balaban J connectivity index is 1.29. The van der Waals surface area contributed by atoms with E-state index >= 15 is 0 Å². The molecule has 1 fully saturated rings. The number of hydrogen-bond acceptors (Lipinski definition) is 5. The zero-order valence-electron chi connectivity index (χ0n) is 18.3. The number of para-hydroxylation sites is 2. The number of nitrogens with zero attached hydrogens (tertiary/aromatic N) is 3. The Morgan fingerprint density at radius 2 is 1.73 bits per heavy atom. The van der Waals surface area contributed by atoms with Gasteiger partial charge in [-0.15, -0.1) is 0 Å². The van der Waals surface area contributed by atoms with E-state index in [0.29, 0.717) is 44.9 Å². The van der Waals surface area contributed by atoms with E-state index in [1.54, 1.807) is 17.0 Å². The van der Waals surface area contributed by atoms with E-state index in [1.807, 2.05) is 60.7 Å². The summed E-state index contributed by atoms with van der Waals surface area (Å²) in [6.45, 7) is 2.84. The molecule has 0 aliphatic carbocycles. The normalized spacial score (nSPS) is 13.3. The number of urea groups is 1. The molecule has 0 aromatic heterocycles. The van der Waals surface area contributed by atoms with Gasteiger partial charge in [-0.2, -0.15) is 5.26 Å². The Morgan fingerprint density at radius 3 is 2.45 bits per heavy atom. The zero-order valence-corrected chi connectivity index (χ0v) is 18.3. The van der Waals surface area contributed by atoms with Gasteiger partial charge < -0.3 is 25.0 Å². The number of benzene rings is 3. The molecule has 0 radical (unpaired) electrons. The fraction of sp³-hybridized carbons (Fsp3) is 0.231. The summed E-state index contributed by atoms with van der Waals surface area (Å²) in [6.07, 6.45) is 0.381. The van der Waals surface area contributed by atoms with Crippen molar-refractivity contribution in [3.05, 3.63) is 83.9 Å². The van der Waals surface area contributed by atoms with Crippen molar-refractivity contribution in [3.8, 4) is 17.6 Å². The van der Waals surface area contributed by atoms with Crippen LogP contribution >= 0.6 is 0 Å². The van der Waals surface area contributed by atoms with Crippen LogP contribution in [0.25, 0.3) is 0 Å². The molecule has 1 saturated heterocycles. The van der Waals surface area contributed by atoms with Crippen molar-refractivity contribution >= 4 is 17.4 Å². The predicted octanol–water partition coefficient (Wildman–Crippen LogP) is 4.39. The maximum atomic E-state index is 12.7. The van der Waals surface area contributed by atoms with Crippen molar-refractivity contribution in [1.29, 1.82) is 5.26 Å². The summed E-state index contributed by atoms with van der Waals surface area (Å²) in [5.74, 6) is 0.987. The second kappa shape index (κ2) is 10.4. The number of amides is 2. The Hall–Kier alpha value is -4.18. The van der Waals surface area contributed by atoms with E-state index in [2.05, 4.69) is 16.3 Å². The van der Waals surface area contributed by atoms with Crippen molar-refractivity contribution in [3.63, 3.8) is 0 Å². The van der Waals surface area contributed by atoms with E-state index < -0.39 is 0 Å². The first kappa shape index (κ1) is 22.0. The topological polar surface area (TPSA) is 88.8 Å². The standard InChI is InChI=1S/C26H26N4O3/c27-13-12-20-8-10-23(11-9-20)33-19-21-4-3-5-22(18-21)28-26(32)30-16-14-29(15-17-30)24-6-1-2-7-25(24)31/h1-11,18,31H,12,14-17,19H2,(H,28,32). The average Bonchev–Trinajstić information content (AvgIpc) is 2.84. The molecule has 7 heteroatoms. The quantitative estimate of drug-likeness (QED) is 0.591. The van der Waals surface area contributed by atoms with Crippen LogP contribution in [0.2, 0.25) is 0 Å². The highest BCUT2D eigenvalue weighted by Gasteiger charge is 2.22. The van der Waals surface area contributed by atoms with E-state index in [9.17, 15) is 9.90 Å². The Kier molecular flexibility index (Phi) is 6.96. The molecule has 0 saturated carbocycles. The van der Waals surface area contributed by atoms with E-state index in [-0.39, 0.29) is 11.8 Å². The van der Waals surface area contributed by atoms with Gasteiger partial charge in [-0.1, -0.05) is 36.4 Å². The number of phenols is 1. The second-order valence-electron chi connectivity index (χ2n) is 7.86. The molecule has 0 atom stereocenters. The lowest BCUT2D eigenvalue weighted by molar-refractivity contribution is 0.208. The molecule has 7 nitrogen and oxygen atoms in total. The molecule has 1 heterocycles. The van der Waals surface area contributed by atoms with Crippen molar-refractivity contribution in [2.24, 2.45) is 0 Å². The molecule has 0 spiro atoms. The second-order valence-corrected chi connectivity index (χ2v) is 7.86. The Morgan fingerprint density at radius 1 is 0.970 bits per heavy atom. The highest BCUT2D eigenvalue weighted by Crippen LogP contribution is 2.27. The molecule has 0 bridgehead atoms.